The van der Waals surface area contributed by atoms with E-state index in [4.69, 9.17) is 10.5 Å². The van der Waals surface area contributed by atoms with Crippen LogP contribution in [0.2, 0.25) is 0 Å². The molecule has 2 aromatic rings. The lowest BCUT2D eigenvalue weighted by Crippen LogP contribution is -2.03. The summed E-state index contributed by atoms with van der Waals surface area (Å²) in [4.78, 5) is 0. The van der Waals surface area contributed by atoms with E-state index in [1.165, 1.54) is 0 Å². The summed E-state index contributed by atoms with van der Waals surface area (Å²) in [6.45, 7) is 2.66. The number of nitrogen functional groups attached to an aromatic ring is 1. The van der Waals surface area contributed by atoms with E-state index in [9.17, 15) is 5.26 Å². The second-order valence-electron chi connectivity index (χ2n) is 4.49. The third kappa shape index (κ3) is 3.67. The Labute approximate surface area is 132 Å². The van der Waals surface area contributed by atoms with Gasteiger partial charge in [0.05, 0.1) is 29.2 Å². The molecule has 0 bridgehead atoms. The molecule has 0 aliphatic rings. The molecule has 0 atom stereocenters. The summed E-state index contributed by atoms with van der Waals surface area (Å²) < 4.78 is 6.46. The summed E-state index contributed by atoms with van der Waals surface area (Å²) >= 11 is 3.35. The zero-order valence-electron chi connectivity index (χ0n) is 11.7. The van der Waals surface area contributed by atoms with Gasteiger partial charge in [-0.1, -0.05) is 28.9 Å². The maximum absolute atomic E-state index is 9.19. The standard InChI is InChI=1S/C16H16BrN3O/c1-2-8-21-15-5-3-4-14(16(15)19)20-13-7-6-12(17)9-11(13)10-18/h3-7,9,20H,2,8,19H2,1H3. The van der Waals surface area contributed by atoms with Crippen molar-refractivity contribution in [3.8, 4) is 11.8 Å². The summed E-state index contributed by atoms with van der Waals surface area (Å²) in [5.41, 5.74) is 8.63. The third-order valence-corrected chi connectivity index (χ3v) is 3.39. The van der Waals surface area contributed by atoms with Crippen molar-refractivity contribution in [2.24, 2.45) is 0 Å². The molecule has 0 unspecified atom stereocenters. The molecular weight excluding hydrogens is 330 g/mol. The van der Waals surface area contributed by atoms with Crippen LogP contribution in [-0.4, -0.2) is 6.61 Å². The van der Waals surface area contributed by atoms with E-state index >= 15 is 0 Å². The number of nitrogens with two attached hydrogens (primary N) is 1. The number of ether oxygens (including phenoxy) is 1. The molecule has 2 aromatic carbocycles. The van der Waals surface area contributed by atoms with Crippen molar-refractivity contribution >= 4 is 33.0 Å². The number of benzene rings is 2. The van der Waals surface area contributed by atoms with Crippen molar-refractivity contribution in [2.45, 2.75) is 13.3 Å². The molecule has 0 amide bonds. The number of hydrogen-bond donors (Lipinski definition) is 2. The van der Waals surface area contributed by atoms with Gasteiger partial charge in [-0.3, -0.25) is 0 Å². The highest BCUT2D eigenvalue weighted by Crippen LogP contribution is 2.33. The van der Waals surface area contributed by atoms with E-state index < -0.39 is 0 Å². The highest BCUT2D eigenvalue weighted by atomic mass is 79.9. The van der Waals surface area contributed by atoms with E-state index in [2.05, 4.69) is 27.3 Å². The molecule has 0 saturated carbocycles. The fourth-order valence-corrected chi connectivity index (χ4v) is 2.22. The minimum atomic E-state index is 0.540. The van der Waals surface area contributed by atoms with Crippen molar-refractivity contribution in [1.82, 2.24) is 0 Å². The average molecular weight is 346 g/mol. The smallest absolute Gasteiger partial charge is 0.144 e. The highest BCUT2D eigenvalue weighted by molar-refractivity contribution is 9.10. The number of rotatable bonds is 5. The summed E-state index contributed by atoms with van der Waals surface area (Å²) in [5, 5.41) is 12.4. The Morgan fingerprint density at radius 2 is 2.10 bits per heavy atom. The fourth-order valence-electron chi connectivity index (χ4n) is 1.85. The fraction of sp³-hybridized carbons (Fsp3) is 0.188. The van der Waals surface area contributed by atoms with E-state index in [0.717, 1.165) is 16.6 Å². The SMILES string of the molecule is CCCOc1cccc(Nc2ccc(Br)cc2C#N)c1N. The predicted molar refractivity (Wildman–Crippen MR) is 88.8 cm³/mol. The molecule has 0 heterocycles. The molecule has 0 aromatic heterocycles. The number of hydrogen-bond acceptors (Lipinski definition) is 4. The molecule has 0 aliphatic heterocycles. The molecule has 3 N–H and O–H groups in total. The molecule has 0 radical (unpaired) electrons. The van der Waals surface area contributed by atoms with Gasteiger partial charge in [-0.25, -0.2) is 0 Å². The Balaban J connectivity index is 2.30. The van der Waals surface area contributed by atoms with Gasteiger partial charge in [0.1, 0.15) is 11.8 Å². The first-order chi connectivity index (χ1) is 10.2. The Bertz CT molecular complexity index is 680. The third-order valence-electron chi connectivity index (χ3n) is 2.90. The predicted octanol–water partition coefficient (Wildman–Crippen LogP) is 4.44. The van der Waals surface area contributed by atoms with Crippen LogP contribution < -0.4 is 15.8 Å². The van der Waals surface area contributed by atoms with Crippen molar-refractivity contribution < 1.29 is 4.74 Å². The van der Waals surface area contributed by atoms with Gasteiger partial charge >= 0.3 is 0 Å². The van der Waals surface area contributed by atoms with Gasteiger partial charge in [0.15, 0.2) is 0 Å². The van der Waals surface area contributed by atoms with Gasteiger partial charge in [-0.05, 0) is 36.8 Å². The lowest BCUT2D eigenvalue weighted by molar-refractivity contribution is 0.319. The maximum atomic E-state index is 9.19. The van der Waals surface area contributed by atoms with Crippen molar-refractivity contribution in [1.29, 1.82) is 5.26 Å². The molecule has 0 aliphatic carbocycles. The second-order valence-corrected chi connectivity index (χ2v) is 5.41. The molecule has 0 saturated heterocycles. The first-order valence-corrected chi connectivity index (χ1v) is 7.43. The molecule has 108 valence electrons. The minimum Gasteiger partial charge on any atom is -0.491 e. The van der Waals surface area contributed by atoms with Crippen LogP contribution in [0.4, 0.5) is 17.1 Å². The zero-order chi connectivity index (χ0) is 15.2. The first-order valence-electron chi connectivity index (χ1n) is 6.63. The lowest BCUT2D eigenvalue weighted by Gasteiger charge is -2.14. The van der Waals surface area contributed by atoms with Gasteiger partial charge in [0.2, 0.25) is 0 Å². The van der Waals surface area contributed by atoms with Gasteiger partial charge in [0.25, 0.3) is 0 Å². The zero-order valence-corrected chi connectivity index (χ0v) is 13.3. The van der Waals surface area contributed by atoms with Crippen LogP contribution in [0.1, 0.15) is 18.9 Å². The molecule has 0 spiro atoms. The summed E-state index contributed by atoms with van der Waals surface area (Å²) in [6, 6.07) is 13.2. The van der Waals surface area contributed by atoms with E-state index in [-0.39, 0.29) is 0 Å². The van der Waals surface area contributed by atoms with E-state index in [0.29, 0.717) is 29.3 Å². The number of halogens is 1. The van der Waals surface area contributed by atoms with Crippen LogP contribution >= 0.6 is 15.9 Å². The molecule has 2 rings (SSSR count). The first kappa shape index (κ1) is 15.2. The summed E-state index contributed by atoms with van der Waals surface area (Å²) in [6.07, 6.45) is 0.919. The molecular formula is C16H16BrN3O. The summed E-state index contributed by atoms with van der Waals surface area (Å²) in [5.74, 6) is 0.650. The number of para-hydroxylation sites is 1. The van der Waals surface area contributed by atoms with Crippen LogP contribution in [0.15, 0.2) is 40.9 Å². The Morgan fingerprint density at radius 1 is 1.29 bits per heavy atom. The second kappa shape index (κ2) is 7.00. The molecule has 4 nitrogen and oxygen atoms in total. The lowest BCUT2D eigenvalue weighted by atomic mass is 10.1. The van der Waals surface area contributed by atoms with Gasteiger partial charge in [-0.15, -0.1) is 0 Å². The monoisotopic (exact) mass is 345 g/mol. The normalized spacial score (nSPS) is 9.95. The van der Waals surface area contributed by atoms with Gasteiger partial charge in [0, 0.05) is 4.47 Å². The molecule has 0 fully saturated rings. The quantitative estimate of drug-likeness (QED) is 0.786. The van der Waals surface area contributed by atoms with Crippen molar-refractivity contribution in [3.63, 3.8) is 0 Å². The Hall–Kier alpha value is -2.19. The van der Waals surface area contributed by atoms with Crippen molar-refractivity contribution in [2.75, 3.05) is 17.7 Å². The Kier molecular flexibility index (Phi) is 5.07. The number of anilines is 3. The largest absolute Gasteiger partial charge is 0.491 e. The van der Waals surface area contributed by atoms with Crippen molar-refractivity contribution in [3.05, 3.63) is 46.4 Å². The minimum absolute atomic E-state index is 0.540. The molecule has 21 heavy (non-hydrogen) atoms. The average Bonchev–Trinajstić information content (AvgIpc) is 2.49. The number of nitriles is 1. The van der Waals surface area contributed by atoms with Crippen LogP contribution in [0, 0.1) is 11.3 Å². The maximum Gasteiger partial charge on any atom is 0.144 e. The van der Waals surface area contributed by atoms with Crippen LogP contribution in [0.3, 0.4) is 0 Å². The van der Waals surface area contributed by atoms with Crippen LogP contribution in [-0.2, 0) is 0 Å². The Morgan fingerprint density at radius 3 is 2.81 bits per heavy atom. The van der Waals surface area contributed by atoms with E-state index in [1.54, 1.807) is 6.07 Å². The van der Waals surface area contributed by atoms with Gasteiger partial charge < -0.3 is 15.8 Å². The topological polar surface area (TPSA) is 71.1 Å². The number of nitrogens with zero attached hydrogens (tertiary/aromatic N) is 1. The van der Waals surface area contributed by atoms with Gasteiger partial charge in [-0.2, -0.15) is 5.26 Å². The summed E-state index contributed by atoms with van der Waals surface area (Å²) in [7, 11) is 0. The van der Waals surface area contributed by atoms with Crippen LogP contribution in [0.25, 0.3) is 0 Å². The number of nitrogens with one attached hydrogen (secondary N) is 1. The van der Waals surface area contributed by atoms with E-state index in [1.807, 2.05) is 37.3 Å². The molecule has 5 heteroatoms. The highest BCUT2D eigenvalue weighted by Gasteiger charge is 2.09. The van der Waals surface area contributed by atoms with Crippen LogP contribution in [0.5, 0.6) is 5.75 Å².